The number of furan rings is 1. The van der Waals surface area contributed by atoms with E-state index in [9.17, 15) is 0 Å². The van der Waals surface area contributed by atoms with Gasteiger partial charge in [-0.3, -0.25) is 4.98 Å². The Morgan fingerprint density at radius 3 is 1.40 bits per heavy atom. The molecule has 0 amide bonds. The van der Waals surface area contributed by atoms with Crippen LogP contribution in [-0.4, -0.2) is 4.98 Å². The third kappa shape index (κ3) is 5.51. The number of hydrogen-bond donors (Lipinski definition) is 0. The predicted octanol–water partition coefficient (Wildman–Crippen LogP) is 13.1. The van der Waals surface area contributed by atoms with Crippen molar-refractivity contribution in [3.63, 3.8) is 0 Å². The van der Waals surface area contributed by atoms with Crippen molar-refractivity contribution in [1.82, 2.24) is 4.98 Å². The maximum Gasteiger partial charge on any atom is 0.153 e. The summed E-state index contributed by atoms with van der Waals surface area (Å²) in [4.78, 5) is 6.97. The molecule has 0 aliphatic carbocycles. The van der Waals surface area contributed by atoms with E-state index in [-0.39, 0.29) is 0 Å². The molecule has 0 N–H and O–H groups in total. The lowest BCUT2D eigenvalue weighted by Crippen LogP contribution is -2.09. The van der Waals surface area contributed by atoms with Crippen LogP contribution in [-0.2, 0) is 0 Å². The first-order chi connectivity index (χ1) is 24.8. The molecule has 0 radical (unpaired) electrons. The van der Waals surface area contributed by atoms with E-state index in [0.717, 1.165) is 61.4 Å². The third-order valence-electron chi connectivity index (χ3n) is 9.35. The van der Waals surface area contributed by atoms with Crippen LogP contribution in [0, 0.1) is 0 Å². The third-order valence-corrected chi connectivity index (χ3v) is 9.35. The van der Waals surface area contributed by atoms with E-state index in [1.165, 1.54) is 22.3 Å². The van der Waals surface area contributed by atoms with Crippen LogP contribution in [0.2, 0.25) is 0 Å². The Balaban J connectivity index is 1.08. The van der Waals surface area contributed by atoms with Crippen LogP contribution < -0.4 is 4.90 Å². The number of benzene rings is 7. The molecule has 0 atom stereocenters. The lowest BCUT2D eigenvalue weighted by molar-refractivity contribution is 0.668. The van der Waals surface area contributed by atoms with Crippen molar-refractivity contribution in [2.75, 3.05) is 4.90 Å². The highest BCUT2D eigenvalue weighted by atomic mass is 16.3. The highest BCUT2D eigenvalue weighted by molar-refractivity contribution is 6.10. The minimum Gasteiger partial charge on any atom is -0.454 e. The van der Waals surface area contributed by atoms with E-state index < -0.39 is 0 Å². The maximum absolute atomic E-state index is 6.13. The Morgan fingerprint density at radius 1 is 0.360 bits per heavy atom. The molecule has 3 heteroatoms. The number of pyridine rings is 1. The summed E-state index contributed by atoms with van der Waals surface area (Å²) < 4.78 is 6.13. The van der Waals surface area contributed by atoms with Gasteiger partial charge >= 0.3 is 0 Å². The average Bonchev–Trinajstić information content (AvgIpc) is 3.59. The Kier molecular flexibility index (Phi) is 7.49. The van der Waals surface area contributed by atoms with Crippen LogP contribution >= 0.6 is 0 Å². The monoisotopic (exact) mass is 640 g/mol. The second-order valence-electron chi connectivity index (χ2n) is 12.4. The number of anilines is 3. The van der Waals surface area contributed by atoms with Gasteiger partial charge in [-0.15, -0.1) is 0 Å². The van der Waals surface area contributed by atoms with Gasteiger partial charge in [0.05, 0.1) is 5.39 Å². The highest BCUT2D eigenvalue weighted by Crippen LogP contribution is 2.39. The molecule has 9 rings (SSSR count). The van der Waals surface area contributed by atoms with Crippen molar-refractivity contribution in [3.05, 3.63) is 194 Å². The fourth-order valence-corrected chi connectivity index (χ4v) is 6.86. The van der Waals surface area contributed by atoms with Gasteiger partial charge in [0.15, 0.2) is 5.58 Å². The minimum absolute atomic E-state index is 0.802. The van der Waals surface area contributed by atoms with Crippen LogP contribution in [0.1, 0.15) is 0 Å². The molecule has 3 nitrogen and oxygen atoms in total. The molecule has 236 valence electrons. The number of rotatable bonds is 7. The van der Waals surface area contributed by atoms with Gasteiger partial charge in [0.2, 0.25) is 0 Å². The van der Waals surface area contributed by atoms with Gasteiger partial charge < -0.3 is 9.32 Å². The van der Waals surface area contributed by atoms with Crippen LogP contribution in [0.3, 0.4) is 0 Å². The summed E-state index contributed by atoms with van der Waals surface area (Å²) in [5.74, 6) is 0. The predicted molar refractivity (Wildman–Crippen MR) is 208 cm³/mol. The molecule has 7 aromatic carbocycles. The number of aromatic nitrogens is 1. The van der Waals surface area contributed by atoms with E-state index in [0.29, 0.717) is 0 Å². The zero-order valence-corrected chi connectivity index (χ0v) is 27.3. The Labute approximate surface area is 291 Å². The van der Waals surface area contributed by atoms with E-state index in [4.69, 9.17) is 4.42 Å². The molecule has 50 heavy (non-hydrogen) atoms. The van der Waals surface area contributed by atoms with E-state index in [2.05, 4.69) is 180 Å². The lowest BCUT2D eigenvalue weighted by Gasteiger charge is -2.26. The SMILES string of the molecule is c1ccc(-c2ccc(N(c3ccc(-c4ccccc4)cc3)c3ccc(-c4cccc(-c5cccc6oc7cccnc7c56)c4)cc3)cc2)cc1. The molecule has 2 heterocycles. The maximum atomic E-state index is 6.13. The number of fused-ring (bicyclic) bond motifs is 3. The minimum atomic E-state index is 0.802. The van der Waals surface area contributed by atoms with Crippen molar-refractivity contribution in [2.24, 2.45) is 0 Å². The summed E-state index contributed by atoms with van der Waals surface area (Å²) in [6.07, 6.45) is 1.82. The zero-order chi connectivity index (χ0) is 33.3. The molecule has 0 bridgehead atoms. The second kappa shape index (κ2) is 12.7. The van der Waals surface area contributed by atoms with Crippen molar-refractivity contribution in [1.29, 1.82) is 0 Å². The normalized spacial score (nSPS) is 11.2. The van der Waals surface area contributed by atoms with Crippen molar-refractivity contribution >= 4 is 39.1 Å². The van der Waals surface area contributed by atoms with Crippen LogP contribution in [0.15, 0.2) is 199 Å². The first-order valence-corrected chi connectivity index (χ1v) is 16.9. The molecule has 9 aromatic rings. The molecule has 0 spiro atoms. The van der Waals surface area contributed by atoms with Crippen LogP contribution in [0.4, 0.5) is 17.1 Å². The van der Waals surface area contributed by atoms with Gasteiger partial charge in [0.25, 0.3) is 0 Å². The summed E-state index contributed by atoms with van der Waals surface area (Å²) >= 11 is 0. The van der Waals surface area contributed by atoms with Gasteiger partial charge in [-0.2, -0.15) is 0 Å². The molecule has 2 aromatic heterocycles. The summed E-state index contributed by atoms with van der Waals surface area (Å²) in [6, 6.07) is 66.4. The molecule has 0 saturated carbocycles. The first-order valence-electron chi connectivity index (χ1n) is 16.9. The van der Waals surface area contributed by atoms with Gasteiger partial charge in [-0.25, -0.2) is 0 Å². The summed E-state index contributed by atoms with van der Waals surface area (Å²) in [6.45, 7) is 0. The topological polar surface area (TPSA) is 29.3 Å². The molecule has 0 fully saturated rings. The summed E-state index contributed by atoms with van der Waals surface area (Å²) in [5.41, 5.74) is 15.2. The number of nitrogens with zero attached hydrogens (tertiary/aromatic N) is 2. The molecule has 0 aliphatic rings. The molecule has 0 unspecified atom stereocenters. The Bertz CT molecular complexity index is 2470. The van der Waals surface area contributed by atoms with Gasteiger partial charge in [0.1, 0.15) is 11.1 Å². The van der Waals surface area contributed by atoms with Gasteiger partial charge in [0, 0.05) is 23.3 Å². The van der Waals surface area contributed by atoms with E-state index >= 15 is 0 Å². The molecular weight excluding hydrogens is 609 g/mol. The van der Waals surface area contributed by atoms with Crippen LogP contribution in [0.5, 0.6) is 0 Å². The highest BCUT2D eigenvalue weighted by Gasteiger charge is 2.16. The molecule has 0 aliphatic heterocycles. The van der Waals surface area contributed by atoms with Gasteiger partial charge in [-0.1, -0.05) is 127 Å². The fourth-order valence-electron chi connectivity index (χ4n) is 6.86. The summed E-state index contributed by atoms with van der Waals surface area (Å²) in [5, 5.41) is 1.04. The van der Waals surface area contributed by atoms with Crippen molar-refractivity contribution in [3.8, 4) is 44.5 Å². The first kappa shape index (κ1) is 29.4. The Morgan fingerprint density at radius 2 is 0.820 bits per heavy atom. The molecular formula is C47H32N2O. The zero-order valence-electron chi connectivity index (χ0n) is 27.3. The lowest BCUT2D eigenvalue weighted by atomic mass is 9.96. The second-order valence-corrected chi connectivity index (χ2v) is 12.4. The van der Waals surface area contributed by atoms with Crippen molar-refractivity contribution < 1.29 is 4.42 Å². The fraction of sp³-hybridized carbons (Fsp3) is 0. The summed E-state index contributed by atoms with van der Waals surface area (Å²) in [7, 11) is 0. The van der Waals surface area contributed by atoms with Crippen molar-refractivity contribution in [2.45, 2.75) is 0 Å². The van der Waals surface area contributed by atoms with E-state index in [1.54, 1.807) is 0 Å². The standard InChI is InChI=1S/C47H32N2O/c1-3-10-33(11-4-1)35-19-25-40(26-20-35)49(41-27-21-36(22-28-41)34-12-5-2-6-13-34)42-29-23-37(24-30-42)38-14-7-15-39(32-38)43-16-8-17-44-46(43)47-45(50-44)18-9-31-48-47/h1-32H. The molecule has 0 saturated heterocycles. The van der Waals surface area contributed by atoms with E-state index in [1.807, 2.05) is 24.4 Å². The van der Waals surface area contributed by atoms with Crippen LogP contribution in [0.25, 0.3) is 66.6 Å². The quantitative estimate of drug-likeness (QED) is 0.174. The van der Waals surface area contributed by atoms with Gasteiger partial charge in [-0.05, 0) is 105 Å². The smallest absolute Gasteiger partial charge is 0.153 e. The average molecular weight is 641 g/mol. The Hall–Kier alpha value is -6.71. The largest absolute Gasteiger partial charge is 0.454 e. The number of hydrogen-bond acceptors (Lipinski definition) is 3.